The number of amides is 1. The second-order valence-electron chi connectivity index (χ2n) is 6.06. The molecule has 1 saturated heterocycles. The van der Waals surface area contributed by atoms with Crippen molar-refractivity contribution >= 4 is 48.0 Å². The lowest BCUT2D eigenvalue weighted by Gasteiger charge is -2.34. The van der Waals surface area contributed by atoms with Gasteiger partial charge in [0.1, 0.15) is 12.4 Å². The molecule has 1 amide bonds. The molecule has 2 aromatic rings. The van der Waals surface area contributed by atoms with E-state index in [1.54, 1.807) is 12.1 Å². The van der Waals surface area contributed by atoms with Gasteiger partial charge in [-0.05, 0) is 42.5 Å². The molecule has 2 N–H and O–H groups in total. The van der Waals surface area contributed by atoms with Crippen LogP contribution in [-0.4, -0.2) is 55.0 Å². The SMILES string of the molecule is Cl.Cl.Nc1cccc(C(=O)N2CCN(CCOc3ccc(Cl)cc3)CC2)c1. The van der Waals surface area contributed by atoms with E-state index in [0.29, 0.717) is 36.0 Å². The molecule has 1 aliphatic heterocycles. The zero-order chi connectivity index (χ0) is 17.6. The van der Waals surface area contributed by atoms with E-state index in [4.69, 9.17) is 22.1 Å². The van der Waals surface area contributed by atoms with Crippen molar-refractivity contribution in [2.45, 2.75) is 0 Å². The van der Waals surface area contributed by atoms with Gasteiger partial charge in [-0.15, -0.1) is 24.8 Å². The Morgan fingerprint density at radius 3 is 2.33 bits per heavy atom. The minimum atomic E-state index is 0. The third-order valence-corrected chi connectivity index (χ3v) is 4.53. The average molecular weight is 433 g/mol. The summed E-state index contributed by atoms with van der Waals surface area (Å²) in [5.41, 5.74) is 7.03. The topological polar surface area (TPSA) is 58.8 Å². The van der Waals surface area contributed by atoms with Gasteiger partial charge in [0.15, 0.2) is 0 Å². The molecule has 1 heterocycles. The van der Waals surface area contributed by atoms with Gasteiger partial charge < -0.3 is 15.4 Å². The fourth-order valence-corrected chi connectivity index (χ4v) is 2.98. The van der Waals surface area contributed by atoms with Crippen molar-refractivity contribution in [1.82, 2.24) is 9.80 Å². The molecule has 0 atom stereocenters. The van der Waals surface area contributed by atoms with Crippen LogP contribution in [0.1, 0.15) is 10.4 Å². The first-order valence-electron chi connectivity index (χ1n) is 8.37. The fourth-order valence-electron chi connectivity index (χ4n) is 2.85. The van der Waals surface area contributed by atoms with Crippen LogP contribution in [0.4, 0.5) is 5.69 Å². The lowest BCUT2D eigenvalue weighted by molar-refractivity contribution is 0.0620. The molecule has 1 fully saturated rings. The van der Waals surface area contributed by atoms with Gasteiger partial charge in [0.25, 0.3) is 5.91 Å². The summed E-state index contributed by atoms with van der Waals surface area (Å²) in [6.45, 7) is 4.58. The van der Waals surface area contributed by atoms with E-state index < -0.39 is 0 Å². The maximum atomic E-state index is 12.5. The molecule has 0 unspecified atom stereocenters. The van der Waals surface area contributed by atoms with Crippen molar-refractivity contribution in [2.75, 3.05) is 45.1 Å². The van der Waals surface area contributed by atoms with Gasteiger partial charge in [0.05, 0.1) is 0 Å². The van der Waals surface area contributed by atoms with E-state index in [0.717, 1.165) is 25.4 Å². The average Bonchev–Trinajstić information content (AvgIpc) is 2.63. The maximum absolute atomic E-state index is 12.5. The molecular formula is C19H24Cl3N3O2. The first kappa shape index (κ1) is 23.4. The Morgan fingerprint density at radius 1 is 1.04 bits per heavy atom. The highest BCUT2D eigenvalue weighted by atomic mass is 35.5. The predicted octanol–water partition coefficient (Wildman–Crippen LogP) is 3.60. The monoisotopic (exact) mass is 431 g/mol. The lowest BCUT2D eigenvalue weighted by Crippen LogP contribution is -2.49. The van der Waals surface area contributed by atoms with Crippen LogP contribution >= 0.6 is 36.4 Å². The molecule has 2 aromatic carbocycles. The first-order valence-corrected chi connectivity index (χ1v) is 8.75. The largest absolute Gasteiger partial charge is 0.492 e. The van der Waals surface area contributed by atoms with E-state index in [9.17, 15) is 4.79 Å². The minimum Gasteiger partial charge on any atom is -0.492 e. The van der Waals surface area contributed by atoms with Gasteiger partial charge in [0, 0.05) is 49.0 Å². The van der Waals surface area contributed by atoms with Gasteiger partial charge >= 0.3 is 0 Å². The maximum Gasteiger partial charge on any atom is 0.254 e. The third kappa shape index (κ3) is 6.78. The second-order valence-corrected chi connectivity index (χ2v) is 6.50. The molecule has 1 aliphatic rings. The number of nitrogen functional groups attached to an aromatic ring is 1. The number of anilines is 1. The van der Waals surface area contributed by atoms with Crippen LogP contribution < -0.4 is 10.5 Å². The molecule has 8 heteroatoms. The van der Waals surface area contributed by atoms with Crippen LogP contribution in [-0.2, 0) is 0 Å². The van der Waals surface area contributed by atoms with E-state index in [1.807, 2.05) is 41.3 Å². The molecular weight excluding hydrogens is 409 g/mol. The Hall–Kier alpha value is -1.66. The van der Waals surface area contributed by atoms with Crippen LogP contribution in [0.5, 0.6) is 5.75 Å². The molecule has 0 radical (unpaired) electrons. The molecule has 27 heavy (non-hydrogen) atoms. The summed E-state index contributed by atoms with van der Waals surface area (Å²) in [4.78, 5) is 16.7. The highest BCUT2D eigenvalue weighted by Crippen LogP contribution is 2.16. The molecule has 0 saturated carbocycles. The van der Waals surface area contributed by atoms with E-state index >= 15 is 0 Å². The normalized spacial score (nSPS) is 14.0. The number of piperazine rings is 1. The van der Waals surface area contributed by atoms with Gasteiger partial charge in [-0.3, -0.25) is 9.69 Å². The summed E-state index contributed by atoms with van der Waals surface area (Å²) in [7, 11) is 0. The van der Waals surface area contributed by atoms with Gasteiger partial charge in [-0.25, -0.2) is 0 Å². The summed E-state index contributed by atoms with van der Waals surface area (Å²) < 4.78 is 5.73. The van der Waals surface area contributed by atoms with Crippen molar-refractivity contribution in [3.8, 4) is 5.75 Å². The number of hydrogen-bond donors (Lipinski definition) is 1. The number of nitrogens with two attached hydrogens (primary N) is 1. The zero-order valence-electron chi connectivity index (χ0n) is 14.8. The van der Waals surface area contributed by atoms with E-state index in [-0.39, 0.29) is 30.7 Å². The van der Waals surface area contributed by atoms with Crippen LogP contribution in [0.3, 0.4) is 0 Å². The third-order valence-electron chi connectivity index (χ3n) is 4.28. The van der Waals surface area contributed by atoms with Crippen molar-refractivity contribution in [1.29, 1.82) is 0 Å². The Balaban J connectivity index is 0.00000182. The highest BCUT2D eigenvalue weighted by molar-refractivity contribution is 6.30. The summed E-state index contributed by atoms with van der Waals surface area (Å²) in [5.74, 6) is 0.865. The Kier molecular flexibility index (Phi) is 9.74. The van der Waals surface area contributed by atoms with Gasteiger partial charge in [-0.1, -0.05) is 17.7 Å². The second kappa shape index (κ2) is 11.2. The number of benzene rings is 2. The van der Waals surface area contributed by atoms with Crippen molar-refractivity contribution < 1.29 is 9.53 Å². The molecule has 0 aliphatic carbocycles. The highest BCUT2D eigenvalue weighted by Gasteiger charge is 2.22. The molecule has 5 nitrogen and oxygen atoms in total. The van der Waals surface area contributed by atoms with Crippen molar-refractivity contribution in [3.63, 3.8) is 0 Å². The van der Waals surface area contributed by atoms with Crippen LogP contribution in [0, 0.1) is 0 Å². The van der Waals surface area contributed by atoms with Crippen LogP contribution in [0.25, 0.3) is 0 Å². The lowest BCUT2D eigenvalue weighted by atomic mass is 10.1. The number of ether oxygens (including phenoxy) is 1. The number of rotatable bonds is 5. The molecule has 0 bridgehead atoms. The summed E-state index contributed by atoms with van der Waals surface area (Å²) in [6.07, 6.45) is 0. The van der Waals surface area contributed by atoms with Crippen LogP contribution in [0.15, 0.2) is 48.5 Å². The Bertz CT molecular complexity index is 720. The van der Waals surface area contributed by atoms with Crippen molar-refractivity contribution in [2.24, 2.45) is 0 Å². The predicted molar refractivity (Wildman–Crippen MR) is 115 cm³/mol. The Morgan fingerprint density at radius 2 is 1.70 bits per heavy atom. The molecule has 148 valence electrons. The van der Waals surface area contributed by atoms with E-state index in [1.165, 1.54) is 0 Å². The number of hydrogen-bond acceptors (Lipinski definition) is 4. The molecule has 0 aromatic heterocycles. The molecule has 3 rings (SSSR count). The van der Waals surface area contributed by atoms with Gasteiger partial charge in [0.2, 0.25) is 0 Å². The first-order chi connectivity index (χ1) is 12.1. The summed E-state index contributed by atoms with van der Waals surface area (Å²) in [5, 5.41) is 0.702. The summed E-state index contributed by atoms with van der Waals surface area (Å²) in [6, 6.07) is 14.5. The standard InChI is InChI=1S/C19H22ClN3O2.2ClH/c20-16-4-6-18(7-5-16)25-13-12-22-8-10-23(11-9-22)19(24)15-2-1-3-17(21)14-15;;/h1-7,14H,8-13,21H2;2*1H. The number of nitrogens with zero attached hydrogens (tertiary/aromatic N) is 2. The van der Waals surface area contributed by atoms with E-state index in [2.05, 4.69) is 4.90 Å². The number of carbonyl (C=O) groups excluding carboxylic acids is 1. The van der Waals surface area contributed by atoms with Crippen LogP contribution in [0.2, 0.25) is 5.02 Å². The minimum absolute atomic E-state index is 0. The van der Waals surface area contributed by atoms with Gasteiger partial charge in [-0.2, -0.15) is 0 Å². The number of carbonyl (C=O) groups is 1. The quantitative estimate of drug-likeness (QED) is 0.733. The molecule has 0 spiro atoms. The zero-order valence-corrected chi connectivity index (χ0v) is 17.2. The van der Waals surface area contributed by atoms with Crippen molar-refractivity contribution in [3.05, 3.63) is 59.1 Å². The number of halogens is 3. The summed E-state index contributed by atoms with van der Waals surface area (Å²) >= 11 is 5.86. The smallest absolute Gasteiger partial charge is 0.254 e. The Labute approximate surface area is 177 Å². The fraction of sp³-hybridized carbons (Fsp3) is 0.316.